The molecule has 3 rings (SSSR count). The molecule has 2 aliphatic rings. The van der Waals surface area contributed by atoms with Crippen molar-refractivity contribution in [2.45, 2.75) is 5.92 Å². The molecule has 1 N–H and O–H groups in total. The maximum Gasteiger partial charge on any atom is 0.346 e. The van der Waals surface area contributed by atoms with Crippen LogP contribution >= 0.6 is 11.6 Å². The fourth-order valence-corrected chi connectivity index (χ4v) is 2.63. The molecule has 1 aromatic rings. The summed E-state index contributed by atoms with van der Waals surface area (Å²) in [5.74, 6) is 0.00838. The standard InChI is InChI=1S/C15H11ClN2O/c1-2-9-4-3-5-11(16)14(9)10-6-7-12-13(8-10)18-15(19)17-12/h2-8,10H,1H2,(H,18,19). The SMILES string of the molecule is C=Cc1cccc(Cl)c1C1C=CC2=NC(=O)NC2=C1. The lowest BCUT2D eigenvalue weighted by Crippen LogP contribution is -2.17. The lowest BCUT2D eigenvalue weighted by atomic mass is 9.89. The number of aliphatic imine (C=N–C) groups is 1. The molecule has 0 aromatic heterocycles. The molecule has 1 atom stereocenters. The highest BCUT2D eigenvalue weighted by Gasteiger charge is 2.24. The highest BCUT2D eigenvalue weighted by Crippen LogP contribution is 2.33. The van der Waals surface area contributed by atoms with Crippen molar-refractivity contribution >= 4 is 29.4 Å². The van der Waals surface area contributed by atoms with Gasteiger partial charge in [-0.05, 0) is 29.3 Å². The van der Waals surface area contributed by atoms with E-state index in [-0.39, 0.29) is 11.9 Å². The first kappa shape index (κ1) is 11.9. The summed E-state index contributed by atoms with van der Waals surface area (Å²) in [6, 6.07) is 5.40. The van der Waals surface area contributed by atoms with E-state index in [9.17, 15) is 4.79 Å². The summed E-state index contributed by atoms with van der Waals surface area (Å²) in [6.07, 6.45) is 7.56. The lowest BCUT2D eigenvalue weighted by molar-refractivity contribution is 0.253. The molecule has 0 saturated heterocycles. The lowest BCUT2D eigenvalue weighted by Gasteiger charge is -2.18. The molecular weight excluding hydrogens is 260 g/mol. The molecule has 1 aliphatic heterocycles. The smallest absolute Gasteiger partial charge is 0.304 e. The molecule has 0 spiro atoms. The van der Waals surface area contributed by atoms with Crippen LogP contribution in [-0.2, 0) is 0 Å². The number of allylic oxidation sites excluding steroid dienone is 3. The fraction of sp³-hybridized carbons (Fsp3) is 0.0667. The minimum Gasteiger partial charge on any atom is -0.304 e. The number of fused-ring (bicyclic) bond motifs is 1. The topological polar surface area (TPSA) is 41.5 Å². The maximum atomic E-state index is 11.2. The molecule has 1 aliphatic carbocycles. The minimum atomic E-state index is -0.324. The molecule has 0 saturated carbocycles. The van der Waals surface area contributed by atoms with E-state index >= 15 is 0 Å². The van der Waals surface area contributed by atoms with Crippen LogP contribution in [0.3, 0.4) is 0 Å². The van der Waals surface area contributed by atoms with Gasteiger partial charge in [-0.25, -0.2) is 4.79 Å². The molecule has 2 amide bonds. The molecular formula is C15H11ClN2O. The summed E-state index contributed by atoms with van der Waals surface area (Å²) in [6.45, 7) is 3.81. The van der Waals surface area contributed by atoms with E-state index in [1.165, 1.54) is 0 Å². The highest BCUT2D eigenvalue weighted by molar-refractivity contribution is 6.31. The average molecular weight is 271 g/mol. The Hall–Kier alpha value is -2.13. The molecule has 19 heavy (non-hydrogen) atoms. The number of benzene rings is 1. The van der Waals surface area contributed by atoms with Gasteiger partial charge in [0.2, 0.25) is 0 Å². The Balaban J connectivity index is 2.06. The van der Waals surface area contributed by atoms with Gasteiger partial charge < -0.3 is 5.32 Å². The predicted molar refractivity (Wildman–Crippen MR) is 77.5 cm³/mol. The number of nitrogens with one attached hydrogen (secondary N) is 1. The van der Waals surface area contributed by atoms with Gasteiger partial charge in [0.25, 0.3) is 0 Å². The number of urea groups is 1. The second-order valence-corrected chi connectivity index (χ2v) is 4.75. The minimum absolute atomic E-state index is 0.00838. The molecule has 0 radical (unpaired) electrons. The van der Waals surface area contributed by atoms with Gasteiger partial charge in [-0.3, -0.25) is 0 Å². The van der Waals surface area contributed by atoms with Crippen molar-refractivity contribution in [1.29, 1.82) is 0 Å². The van der Waals surface area contributed by atoms with Crippen LogP contribution in [0, 0.1) is 0 Å². The number of halogens is 1. The van der Waals surface area contributed by atoms with Crippen LogP contribution in [0.15, 0.2) is 53.7 Å². The zero-order valence-corrected chi connectivity index (χ0v) is 10.8. The van der Waals surface area contributed by atoms with Gasteiger partial charge in [-0.1, -0.05) is 42.5 Å². The first-order valence-electron chi connectivity index (χ1n) is 5.90. The Kier molecular flexibility index (Phi) is 2.84. The number of amides is 2. The van der Waals surface area contributed by atoms with Gasteiger partial charge in [-0.2, -0.15) is 4.99 Å². The van der Waals surface area contributed by atoms with E-state index in [0.29, 0.717) is 10.7 Å². The first-order valence-corrected chi connectivity index (χ1v) is 6.28. The zero-order chi connectivity index (χ0) is 13.4. The van der Waals surface area contributed by atoms with E-state index in [1.807, 2.05) is 36.4 Å². The van der Waals surface area contributed by atoms with E-state index in [4.69, 9.17) is 11.6 Å². The number of carbonyl (C=O) groups excluding carboxylic acids is 1. The number of nitrogens with zero attached hydrogens (tertiary/aromatic N) is 1. The van der Waals surface area contributed by atoms with Crippen LogP contribution in [0.2, 0.25) is 5.02 Å². The Morgan fingerprint density at radius 3 is 3.05 bits per heavy atom. The van der Waals surface area contributed by atoms with E-state index in [2.05, 4.69) is 16.9 Å². The monoisotopic (exact) mass is 270 g/mol. The third-order valence-corrected chi connectivity index (χ3v) is 3.52. The van der Waals surface area contributed by atoms with Crippen LogP contribution in [0.4, 0.5) is 4.79 Å². The molecule has 3 nitrogen and oxygen atoms in total. The Morgan fingerprint density at radius 2 is 2.26 bits per heavy atom. The Morgan fingerprint density at radius 1 is 1.42 bits per heavy atom. The first-order chi connectivity index (χ1) is 9.19. The van der Waals surface area contributed by atoms with E-state index in [1.54, 1.807) is 6.08 Å². The quantitative estimate of drug-likeness (QED) is 0.875. The van der Waals surface area contributed by atoms with Crippen molar-refractivity contribution in [3.8, 4) is 0 Å². The van der Waals surface area contributed by atoms with Crippen molar-refractivity contribution in [2.24, 2.45) is 4.99 Å². The van der Waals surface area contributed by atoms with Crippen molar-refractivity contribution in [3.63, 3.8) is 0 Å². The summed E-state index contributed by atoms with van der Waals surface area (Å²) < 4.78 is 0. The van der Waals surface area contributed by atoms with Gasteiger partial charge >= 0.3 is 6.03 Å². The second kappa shape index (κ2) is 4.52. The molecule has 0 bridgehead atoms. The zero-order valence-electron chi connectivity index (χ0n) is 10.1. The largest absolute Gasteiger partial charge is 0.346 e. The summed E-state index contributed by atoms with van der Waals surface area (Å²) in [5.41, 5.74) is 3.40. The molecule has 1 aromatic carbocycles. The molecule has 0 fully saturated rings. The van der Waals surface area contributed by atoms with E-state index < -0.39 is 0 Å². The normalized spacial score (nSPS) is 20.5. The summed E-state index contributed by atoms with van der Waals surface area (Å²) in [5, 5.41) is 3.40. The molecule has 4 heteroatoms. The summed E-state index contributed by atoms with van der Waals surface area (Å²) >= 11 is 6.28. The number of rotatable bonds is 2. The van der Waals surface area contributed by atoms with Crippen LogP contribution in [0.5, 0.6) is 0 Å². The number of hydrogen-bond donors (Lipinski definition) is 1. The van der Waals surface area contributed by atoms with Gasteiger partial charge in [0.05, 0.1) is 11.4 Å². The van der Waals surface area contributed by atoms with Crippen molar-refractivity contribution < 1.29 is 4.79 Å². The Bertz CT molecular complexity index is 671. The number of carbonyl (C=O) groups is 1. The highest BCUT2D eigenvalue weighted by atomic mass is 35.5. The van der Waals surface area contributed by atoms with Crippen LogP contribution in [-0.4, -0.2) is 11.7 Å². The molecule has 94 valence electrons. The van der Waals surface area contributed by atoms with Crippen molar-refractivity contribution in [3.05, 3.63) is 64.9 Å². The second-order valence-electron chi connectivity index (χ2n) is 4.34. The summed E-state index contributed by atoms with van der Waals surface area (Å²) in [7, 11) is 0. The fourth-order valence-electron chi connectivity index (χ4n) is 2.32. The van der Waals surface area contributed by atoms with Crippen LogP contribution in [0.25, 0.3) is 6.08 Å². The predicted octanol–water partition coefficient (Wildman–Crippen LogP) is 3.68. The van der Waals surface area contributed by atoms with Gasteiger partial charge in [0, 0.05) is 10.9 Å². The average Bonchev–Trinajstić information content (AvgIpc) is 2.77. The molecule has 1 unspecified atom stereocenters. The van der Waals surface area contributed by atoms with Crippen LogP contribution < -0.4 is 5.32 Å². The Labute approximate surface area is 116 Å². The van der Waals surface area contributed by atoms with Gasteiger partial charge in [-0.15, -0.1) is 0 Å². The van der Waals surface area contributed by atoms with Gasteiger partial charge in [0.1, 0.15) is 0 Å². The molecule has 1 heterocycles. The third kappa shape index (κ3) is 2.02. The number of hydrogen-bond acceptors (Lipinski definition) is 1. The van der Waals surface area contributed by atoms with Crippen molar-refractivity contribution in [1.82, 2.24) is 5.32 Å². The maximum absolute atomic E-state index is 11.2. The van der Waals surface area contributed by atoms with Crippen molar-refractivity contribution in [2.75, 3.05) is 0 Å². The van der Waals surface area contributed by atoms with Gasteiger partial charge in [0.15, 0.2) is 0 Å². The van der Waals surface area contributed by atoms with Crippen LogP contribution in [0.1, 0.15) is 17.0 Å². The summed E-state index contributed by atoms with van der Waals surface area (Å²) in [4.78, 5) is 15.1. The third-order valence-electron chi connectivity index (χ3n) is 3.19. The van der Waals surface area contributed by atoms with E-state index in [0.717, 1.165) is 16.8 Å².